The molecule has 0 unspecified atom stereocenters. The van der Waals surface area contributed by atoms with Gasteiger partial charge in [0.25, 0.3) is 5.91 Å². The van der Waals surface area contributed by atoms with Crippen LogP contribution in [0.5, 0.6) is 0 Å². The van der Waals surface area contributed by atoms with Gasteiger partial charge in [0.05, 0.1) is 11.2 Å². The third-order valence-corrected chi connectivity index (χ3v) is 2.74. The van der Waals surface area contributed by atoms with Crippen molar-refractivity contribution in [2.75, 3.05) is 0 Å². The number of halogens is 1. The van der Waals surface area contributed by atoms with E-state index in [0.29, 0.717) is 10.8 Å². The Kier molecular flexibility index (Phi) is 3.24. The monoisotopic (exact) mass is 219 g/mol. The Morgan fingerprint density at radius 2 is 2.38 bits per heavy atom. The minimum Gasteiger partial charge on any atom is -0.289 e. The Labute approximate surface area is 85.9 Å². The van der Waals surface area contributed by atoms with Crippen LogP contribution in [0.2, 0.25) is 0 Å². The van der Waals surface area contributed by atoms with Gasteiger partial charge >= 0.3 is 0 Å². The highest BCUT2D eigenvalue weighted by Crippen LogP contribution is 2.41. The molecule has 1 heterocycles. The molecule has 1 aromatic rings. The van der Waals surface area contributed by atoms with Crippen molar-refractivity contribution in [3.8, 4) is 0 Å². The maximum absolute atomic E-state index is 11.2. The zero-order valence-electron chi connectivity index (χ0n) is 6.82. The fourth-order valence-corrected chi connectivity index (χ4v) is 1.92. The lowest BCUT2D eigenvalue weighted by Crippen LogP contribution is -2.29. The number of rotatable bonds is 2. The number of hydrogen-bond acceptors (Lipinski definition) is 4. The minimum absolute atomic E-state index is 0. The van der Waals surface area contributed by atoms with Gasteiger partial charge in [-0.3, -0.25) is 10.2 Å². The summed E-state index contributed by atoms with van der Waals surface area (Å²) in [5, 5.41) is 0. The Morgan fingerprint density at radius 3 is 2.92 bits per heavy atom. The number of nitrogens with zero attached hydrogens (tertiary/aromatic N) is 1. The van der Waals surface area contributed by atoms with E-state index < -0.39 is 0 Å². The third kappa shape index (κ3) is 1.99. The number of thiazole rings is 1. The highest BCUT2D eigenvalue weighted by Gasteiger charge is 2.30. The molecule has 0 atom stereocenters. The molecule has 0 aromatic carbocycles. The van der Waals surface area contributed by atoms with Gasteiger partial charge in [0.1, 0.15) is 4.88 Å². The van der Waals surface area contributed by atoms with Crippen LogP contribution in [0.15, 0.2) is 5.51 Å². The van der Waals surface area contributed by atoms with Crippen molar-refractivity contribution in [3.05, 3.63) is 16.1 Å². The van der Waals surface area contributed by atoms with Crippen LogP contribution in [-0.2, 0) is 0 Å². The second kappa shape index (κ2) is 4.04. The first-order chi connectivity index (χ1) is 5.83. The molecule has 1 fully saturated rings. The maximum Gasteiger partial charge on any atom is 0.277 e. The first kappa shape index (κ1) is 10.4. The number of nitrogen functional groups attached to an aromatic ring is 1. The van der Waals surface area contributed by atoms with Crippen LogP contribution in [-0.4, -0.2) is 10.9 Å². The van der Waals surface area contributed by atoms with Crippen molar-refractivity contribution in [1.82, 2.24) is 10.4 Å². The van der Waals surface area contributed by atoms with Gasteiger partial charge in [0.2, 0.25) is 0 Å². The Hall–Kier alpha value is -0.650. The van der Waals surface area contributed by atoms with Crippen molar-refractivity contribution in [2.24, 2.45) is 5.84 Å². The van der Waals surface area contributed by atoms with Crippen molar-refractivity contribution in [2.45, 2.75) is 18.8 Å². The molecule has 0 radical (unpaired) electrons. The SMILES string of the molecule is Cl.NNC(=O)c1scnc1C1CC1. The molecule has 0 saturated heterocycles. The molecule has 3 N–H and O–H groups in total. The van der Waals surface area contributed by atoms with E-state index in [0.717, 1.165) is 18.5 Å². The summed E-state index contributed by atoms with van der Waals surface area (Å²) in [6.45, 7) is 0. The molecular weight excluding hydrogens is 210 g/mol. The van der Waals surface area contributed by atoms with Gasteiger partial charge in [-0.05, 0) is 12.8 Å². The summed E-state index contributed by atoms with van der Waals surface area (Å²) in [7, 11) is 0. The molecule has 2 rings (SSSR count). The van der Waals surface area contributed by atoms with Crippen LogP contribution >= 0.6 is 23.7 Å². The van der Waals surface area contributed by atoms with Crippen molar-refractivity contribution >= 4 is 29.7 Å². The number of nitrogens with one attached hydrogen (secondary N) is 1. The summed E-state index contributed by atoms with van der Waals surface area (Å²) >= 11 is 1.35. The molecule has 1 aliphatic carbocycles. The summed E-state index contributed by atoms with van der Waals surface area (Å²) in [5.74, 6) is 5.31. The largest absolute Gasteiger partial charge is 0.289 e. The summed E-state index contributed by atoms with van der Waals surface area (Å²) in [5.41, 5.74) is 4.73. The van der Waals surface area contributed by atoms with E-state index in [4.69, 9.17) is 5.84 Å². The van der Waals surface area contributed by atoms with Gasteiger partial charge in [-0.1, -0.05) is 0 Å². The van der Waals surface area contributed by atoms with Gasteiger partial charge in [-0.15, -0.1) is 23.7 Å². The highest BCUT2D eigenvalue weighted by atomic mass is 35.5. The van der Waals surface area contributed by atoms with Crippen molar-refractivity contribution in [3.63, 3.8) is 0 Å². The summed E-state index contributed by atoms with van der Waals surface area (Å²) in [6.07, 6.45) is 2.29. The van der Waals surface area contributed by atoms with Gasteiger partial charge in [-0.25, -0.2) is 10.8 Å². The van der Waals surface area contributed by atoms with Gasteiger partial charge in [0, 0.05) is 5.92 Å². The van der Waals surface area contributed by atoms with Crippen LogP contribution in [0.3, 0.4) is 0 Å². The van der Waals surface area contributed by atoms with Crippen molar-refractivity contribution in [1.29, 1.82) is 0 Å². The number of carbonyl (C=O) groups is 1. The number of aromatic nitrogens is 1. The first-order valence-corrected chi connectivity index (χ1v) is 4.65. The summed E-state index contributed by atoms with van der Waals surface area (Å²) < 4.78 is 0. The normalized spacial score (nSPS) is 14.8. The van der Waals surface area contributed by atoms with E-state index in [1.54, 1.807) is 5.51 Å². The minimum atomic E-state index is -0.223. The fourth-order valence-electron chi connectivity index (χ4n) is 1.14. The maximum atomic E-state index is 11.2. The van der Waals surface area contributed by atoms with Crippen LogP contribution < -0.4 is 11.3 Å². The van der Waals surface area contributed by atoms with Crippen LogP contribution in [0.4, 0.5) is 0 Å². The van der Waals surface area contributed by atoms with Crippen LogP contribution in [0.25, 0.3) is 0 Å². The molecule has 1 aromatic heterocycles. The lowest BCUT2D eigenvalue weighted by Gasteiger charge is -1.97. The lowest BCUT2D eigenvalue weighted by molar-refractivity contribution is 0.0956. The molecule has 1 amide bonds. The molecule has 0 spiro atoms. The summed E-state index contributed by atoms with van der Waals surface area (Å²) in [4.78, 5) is 16.0. The Balaban J connectivity index is 0.000000845. The topological polar surface area (TPSA) is 68.0 Å². The zero-order valence-corrected chi connectivity index (χ0v) is 8.45. The standard InChI is InChI=1S/C7H9N3OS.ClH/c8-10-7(11)6-5(4-1-2-4)9-3-12-6;/h3-4H,1-2,8H2,(H,10,11);1H. The van der Waals surface area contributed by atoms with E-state index in [1.807, 2.05) is 0 Å². The quantitative estimate of drug-likeness (QED) is 0.444. The molecule has 6 heteroatoms. The summed E-state index contributed by atoms with van der Waals surface area (Å²) in [6, 6.07) is 0. The van der Waals surface area contributed by atoms with Crippen LogP contribution in [0.1, 0.15) is 34.1 Å². The number of carbonyl (C=O) groups excluding carboxylic acids is 1. The molecule has 1 aliphatic rings. The molecular formula is C7H10ClN3OS. The lowest BCUT2D eigenvalue weighted by atomic mass is 10.2. The predicted molar refractivity (Wildman–Crippen MR) is 53.0 cm³/mol. The molecule has 1 saturated carbocycles. The van der Waals surface area contributed by atoms with Crippen LogP contribution in [0, 0.1) is 0 Å². The smallest absolute Gasteiger partial charge is 0.277 e. The zero-order chi connectivity index (χ0) is 8.55. The number of hydrogen-bond donors (Lipinski definition) is 2. The third-order valence-electron chi connectivity index (χ3n) is 1.90. The molecule has 4 nitrogen and oxygen atoms in total. The van der Waals surface area contributed by atoms with E-state index in [1.165, 1.54) is 11.3 Å². The van der Waals surface area contributed by atoms with Gasteiger partial charge in [-0.2, -0.15) is 0 Å². The highest BCUT2D eigenvalue weighted by molar-refractivity contribution is 7.11. The number of nitrogens with two attached hydrogens (primary N) is 1. The van der Waals surface area contributed by atoms with Gasteiger partial charge < -0.3 is 0 Å². The molecule has 0 bridgehead atoms. The number of hydrazine groups is 1. The van der Waals surface area contributed by atoms with E-state index >= 15 is 0 Å². The average Bonchev–Trinajstić information content (AvgIpc) is 2.83. The average molecular weight is 220 g/mol. The fraction of sp³-hybridized carbons (Fsp3) is 0.429. The Morgan fingerprint density at radius 1 is 1.69 bits per heavy atom. The first-order valence-electron chi connectivity index (χ1n) is 3.77. The van der Waals surface area contributed by atoms with Gasteiger partial charge in [0.15, 0.2) is 0 Å². The predicted octanol–water partition coefficient (Wildman–Crippen LogP) is 1.05. The van der Waals surface area contributed by atoms with Crippen molar-refractivity contribution < 1.29 is 4.79 Å². The van der Waals surface area contributed by atoms with E-state index in [9.17, 15) is 4.79 Å². The molecule has 0 aliphatic heterocycles. The second-order valence-corrected chi connectivity index (χ2v) is 3.67. The Bertz CT molecular complexity index is 310. The van der Waals surface area contributed by atoms with E-state index in [-0.39, 0.29) is 18.3 Å². The second-order valence-electron chi connectivity index (χ2n) is 2.81. The van der Waals surface area contributed by atoms with E-state index in [2.05, 4.69) is 10.4 Å². The molecule has 13 heavy (non-hydrogen) atoms. The molecule has 72 valence electrons. The number of amides is 1.